The first-order chi connectivity index (χ1) is 19.4. The number of benzene rings is 1. The predicted octanol–water partition coefficient (Wildman–Crippen LogP) is 3.83. The monoisotopic (exact) mass is 551 g/mol. The van der Waals surface area contributed by atoms with Crippen LogP contribution in [0.1, 0.15) is 63.5 Å². The van der Waals surface area contributed by atoms with Crippen molar-refractivity contribution >= 4 is 40.3 Å². The molecule has 3 amide bonds. The van der Waals surface area contributed by atoms with Crippen LogP contribution in [-0.4, -0.2) is 78.9 Å². The zero-order valence-corrected chi connectivity index (χ0v) is 23.6. The Balaban J connectivity index is 1.35. The number of anilines is 1. The van der Waals surface area contributed by atoms with Crippen molar-refractivity contribution in [3.63, 3.8) is 0 Å². The van der Waals surface area contributed by atoms with E-state index in [-0.39, 0.29) is 42.2 Å². The first kappa shape index (κ1) is 28.1. The van der Waals surface area contributed by atoms with Gasteiger partial charge in [0.15, 0.2) is 0 Å². The van der Waals surface area contributed by atoms with Crippen molar-refractivity contribution in [3.05, 3.63) is 30.0 Å². The highest BCUT2D eigenvalue weighted by atomic mass is 16.5. The maximum absolute atomic E-state index is 13.6. The van der Waals surface area contributed by atoms with E-state index in [1.54, 1.807) is 12.0 Å². The number of methoxy groups -OCH3 is 1. The molecule has 2 saturated heterocycles. The van der Waals surface area contributed by atoms with E-state index in [0.29, 0.717) is 13.0 Å². The maximum Gasteiger partial charge on any atom is 0.247 e. The normalized spacial score (nSPS) is 24.3. The molecule has 3 aliphatic rings. The Labute approximate surface area is 235 Å². The van der Waals surface area contributed by atoms with Crippen molar-refractivity contribution < 1.29 is 23.5 Å². The molecule has 2 aromatic rings. The molecule has 0 bridgehead atoms. The molecular formula is C30H41N5O5. The maximum atomic E-state index is 13.6. The fourth-order valence-corrected chi connectivity index (χ4v) is 6.01. The molecule has 2 aliphatic heterocycles. The minimum atomic E-state index is -0.680. The minimum Gasteiger partial charge on any atom is -0.461 e. The number of amides is 3. The number of nitrogens with one attached hydrogen (secondary N) is 2. The van der Waals surface area contributed by atoms with Crippen LogP contribution >= 0.6 is 0 Å². The van der Waals surface area contributed by atoms with Crippen LogP contribution in [-0.2, 0) is 19.1 Å². The van der Waals surface area contributed by atoms with Crippen molar-refractivity contribution in [3.8, 4) is 0 Å². The van der Waals surface area contributed by atoms with E-state index in [2.05, 4.69) is 10.6 Å². The van der Waals surface area contributed by atoms with Gasteiger partial charge < -0.3 is 24.3 Å². The van der Waals surface area contributed by atoms with Gasteiger partial charge in [0.05, 0.1) is 12.6 Å². The van der Waals surface area contributed by atoms with Crippen molar-refractivity contribution in [1.29, 1.82) is 0 Å². The highest BCUT2D eigenvalue weighted by Crippen LogP contribution is 2.27. The van der Waals surface area contributed by atoms with Gasteiger partial charge in [0.1, 0.15) is 17.4 Å². The van der Waals surface area contributed by atoms with E-state index in [4.69, 9.17) is 14.1 Å². The molecule has 0 radical (unpaired) electrons. The zero-order valence-electron chi connectivity index (χ0n) is 23.6. The number of hydrogen-bond acceptors (Lipinski definition) is 6. The van der Waals surface area contributed by atoms with Crippen LogP contribution in [0.2, 0.25) is 0 Å². The van der Waals surface area contributed by atoms with Crippen LogP contribution in [0, 0.1) is 12.8 Å². The van der Waals surface area contributed by atoms with Crippen LogP contribution in [0.5, 0.6) is 0 Å². The number of carbonyl (C=O) groups is 3. The minimum absolute atomic E-state index is 0.00231. The molecule has 1 saturated carbocycles. The molecule has 1 aromatic heterocycles. The second-order valence-corrected chi connectivity index (χ2v) is 11.3. The number of ether oxygens (including phenoxy) is 1. The van der Waals surface area contributed by atoms with Gasteiger partial charge in [-0.05, 0) is 89.0 Å². The number of aliphatic imine (C=N–C) groups is 1. The van der Waals surface area contributed by atoms with Crippen molar-refractivity contribution in [1.82, 2.24) is 15.1 Å². The second kappa shape index (κ2) is 12.8. The van der Waals surface area contributed by atoms with Gasteiger partial charge in [-0.15, -0.1) is 0 Å². The van der Waals surface area contributed by atoms with Crippen LogP contribution in [0.15, 0.2) is 33.7 Å². The topological polar surface area (TPSA) is 116 Å². The van der Waals surface area contributed by atoms with E-state index >= 15 is 0 Å². The summed E-state index contributed by atoms with van der Waals surface area (Å²) in [4.78, 5) is 48.0. The molecule has 10 nitrogen and oxygen atoms in total. The number of aryl methyl sites for hydroxylation is 1. The Hall–Kier alpha value is -3.40. The average molecular weight is 552 g/mol. The molecular weight excluding hydrogens is 510 g/mol. The molecule has 216 valence electrons. The highest BCUT2D eigenvalue weighted by molar-refractivity contribution is 6.06. The van der Waals surface area contributed by atoms with E-state index in [1.165, 1.54) is 0 Å². The Morgan fingerprint density at radius 3 is 2.52 bits per heavy atom. The van der Waals surface area contributed by atoms with Gasteiger partial charge in [0, 0.05) is 43.7 Å². The number of rotatable bonds is 6. The quantitative estimate of drug-likeness (QED) is 0.416. The van der Waals surface area contributed by atoms with Crippen LogP contribution in [0.25, 0.3) is 11.0 Å². The lowest BCUT2D eigenvalue weighted by Crippen LogP contribution is -2.46. The summed E-state index contributed by atoms with van der Waals surface area (Å²) >= 11 is 0. The molecule has 10 heteroatoms. The molecule has 2 N–H and O–H groups in total. The van der Waals surface area contributed by atoms with Gasteiger partial charge in [-0.2, -0.15) is 0 Å². The summed E-state index contributed by atoms with van der Waals surface area (Å²) < 4.78 is 11.2. The van der Waals surface area contributed by atoms with Crippen molar-refractivity contribution in [2.24, 2.45) is 10.9 Å². The molecule has 3 fully saturated rings. The van der Waals surface area contributed by atoms with Gasteiger partial charge in [0.25, 0.3) is 0 Å². The van der Waals surface area contributed by atoms with Gasteiger partial charge in [-0.1, -0.05) is 0 Å². The van der Waals surface area contributed by atoms with Crippen LogP contribution in [0.3, 0.4) is 0 Å². The van der Waals surface area contributed by atoms with E-state index in [1.807, 2.05) is 36.1 Å². The average Bonchev–Trinajstić information content (AvgIpc) is 3.59. The molecule has 1 aromatic carbocycles. The van der Waals surface area contributed by atoms with E-state index < -0.39 is 6.04 Å². The smallest absolute Gasteiger partial charge is 0.247 e. The number of nitrogens with zero attached hydrogens (tertiary/aromatic N) is 3. The third-order valence-electron chi connectivity index (χ3n) is 8.34. The molecule has 40 heavy (non-hydrogen) atoms. The predicted molar refractivity (Wildman–Crippen MR) is 153 cm³/mol. The number of carbonyl (C=O) groups excluding carboxylic acids is 3. The fourth-order valence-electron chi connectivity index (χ4n) is 6.01. The second-order valence-electron chi connectivity index (χ2n) is 11.3. The number of fused-ring (bicyclic) bond motifs is 1. The fraction of sp³-hybridized carbons (Fsp3) is 0.600. The molecule has 5 rings (SSSR count). The molecule has 1 atom stereocenters. The SMILES string of the molecule is COC1CCC(C(=O)NC(=N[C@H]2CCCCN(CC(=O)N3CCCC3)C2=O)Nc2ccc3oc(C)cc3c2)CC1. The van der Waals surface area contributed by atoms with E-state index in [9.17, 15) is 14.4 Å². The lowest BCUT2D eigenvalue weighted by Gasteiger charge is -2.27. The Morgan fingerprint density at radius 1 is 1.02 bits per heavy atom. The Kier molecular flexibility index (Phi) is 9.04. The van der Waals surface area contributed by atoms with Crippen molar-refractivity contribution in [2.45, 2.75) is 76.9 Å². The Morgan fingerprint density at radius 2 is 1.77 bits per heavy atom. The van der Waals surface area contributed by atoms with E-state index in [0.717, 1.165) is 86.9 Å². The first-order valence-electron chi connectivity index (χ1n) is 14.6. The number of furan rings is 1. The third-order valence-corrected chi connectivity index (χ3v) is 8.34. The molecule has 3 heterocycles. The molecule has 0 spiro atoms. The standard InChI is InChI=1S/C30H41N5O5/c1-20-17-22-18-23(10-13-26(22)40-20)31-30(33-28(37)21-8-11-24(39-2)12-9-21)32-25-7-3-4-16-35(29(25)38)19-27(36)34-14-5-6-15-34/h10,13,17-18,21,24-25H,3-9,11-12,14-16,19H2,1-2H3,(H2,31,32,33,37)/t21?,24?,25-/m0/s1. The Bertz CT molecular complexity index is 1240. The summed E-state index contributed by atoms with van der Waals surface area (Å²) in [5.41, 5.74) is 1.51. The first-order valence-corrected chi connectivity index (χ1v) is 14.6. The van der Waals surface area contributed by atoms with Gasteiger partial charge in [0.2, 0.25) is 23.7 Å². The lowest BCUT2D eigenvalue weighted by atomic mass is 9.87. The zero-order chi connectivity index (χ0) is 28.1. The summed E-state index contributed by atoms with van der Waals surface area (Å²) in [7, 11) is 1.71. The highest BCUT2D eigenvalue weighted by Gasteiger charge is 2.31. The summed E-state index contributed by atoms with van der Waals surface area (Å²) in [6.07, 6.45) is 7.58. The summed E-state index contributed by atoms with van der Waals surface area (Å²) in [5.74, 6) is 0.649. The lowest BCUT2D eigenvalue weighted by molar-refractivity contribution is -0.140. The number of likely N-dealkylation sites (tertiary alicyclic amines) is 2. The van der Waals surface area contributed by atoms with Gasteiger partial charge >= 0.3 is 0 Å². The van der Waals surface area contributed by atoms with Gasteiger partial charge in [-0.25, -0.2) is 4.99 Å². The van der Waals surface area contributed by atoms with Crippen LogP contribution < -0.4 is 10.6 Å². The largest absolute Gasteiger partial charge is 0.461 e. The number of guanidine groups is 1. The molecule has 1 aliphatic carbocycles. The van der Waals surface area contributed by atoms with Crippen LogP contribution in [0.4, 0.5) is 5.69 Å². The van der Waals surface area contributed by atoms with Gasteiger partial charge in [-0.3, -0.25) is 19.7 Å². The summed E-state index contributed by atoms with van der Waals surface area (Å²) in [5, 5.41) is 7.20. The summed E-state index contributed by atoms with van der Waals surface area (Å²) in [6, 6.07) is 6.95. The number of hydrogen-bond donors (Lipinski definition) is 2. The van der Waals surface area contributed by atoms with Crippen molar-refractivity contribution in [2.75, 3.05) is 38.6 Å². The summed E-state index contributed by atoms with van der Waals surface area (Å²) in [6.45, 7) is 4.04. The molecule has 0 unspecified atom stereocenters. The third kappa shape index (κ3) is 6.83.